The highest BCUT2D eigenvalue weighted by atomic mass is 32.2. The van der Waals surface area contributed by atoms with E-state index in [0.717, 1.165) is 33.5 Å². The van der Waals surface area contributed by atoms with E-state index in [2.05, 4.69) is 21.5 Å². The number of piperazine rings is 1. The van der Waals surface area contributed by atoms with Gasteiger partial charge >= 0.3 is 5.97 Å². The van der Waals surface area contributed by atoms with Crippen LogP contribution in [0, 0.1) is 17.8 Å². The molecule has 1 aromatic heterocycles. The van der Waals surface area contributed by atoms with E-state index in [4.69, 9.17) is 4.74 Å². The maximum atomic E-state index is 13.3. The second kappa shape index (κ2) is 13.6. The number of aliphatic carboxylic acids is 1. The van der Waals surface area contributed by atoms with E-state index in [1.165, 1.54) is 4.31 Å². The molecule has 0 spiro atoms. The molecule has 1 aliphatic rings. The summed E-state index contributed by atoms with van der Waals surface area (Å²) >= 11 is 0. The molecule has 45 heavy (non-hydrogen) atoms. The molecule has 11 heteroatoms. The number of ether oxygens (including phenoxy) is 1. The Bertz CT molecular complexity index is 1900. The lowest BCUT2D eigenvalue weighted by Crippen LogP contribution is -2.55. The number of hydrogen-bond acceptors (Lipinski definition) is 6. The first kappa shape index (κ1) is 31.8. The lowest BCUT2D eigenvalue weighted by molar-refractivity contribution is -0.140. The Kier molecular flexibility index (Phi) is 9.58. The average Bonchev–Trinajstić information content (AvgIpc) is 3.04. The Hall–Kier alpha value is -4.63. The van der Waals surface area contributed by atoms with Crippen LogP contribution in [0.2, 0.25) is 0 Å². The van der Waals surface area contributed by atoms with Crippen molar-refractivity contribution in [1.29, 1.82) is 0 Å². The van der Waals surface area contributed by atoms with Gasteiger partial charge in [0.25, 0.3) is 15.8 Å². The molecule has 2 heterocycles. The van der Waals surface area contributed by atoms with Gasteiger partial charge in [-0.2, -0.15) is 17.4 Å². The summed E-state index contributed by atoms with van der Waals surface area (Å²) in [5, 5.41) is 10.8. The summed E-state index contributed by atoms with van der Waals surface area (Å²) in [5.41, 5.74) is 3.40. The maximum Gasteiger partial charge on any atom is 0.322 e. The largest absolute Gasteiger partial charge is 0.497 e. The average molecular weight is 629 g/mol. The SMILES string of the molecule is COc1ccc(Cn2ccc3ccc(C#Cc4ccc(N5CCN(S(=O)(=O)N[C@H](C(=O)O)C(C)C)CC5)cc4)cc3c2=O)cc1. The van der Waals surface area contributed by atoms with Crippen molar-refractivity contribution >= 4 is 32.6 Å². The number of methoxy groups -OCH3 is 1. The molecule has 1 saturated heterocycles. The number of benzene rings is 3. The van der Waals surface area contributed by atoms with E-state index in [1.807, 2.05) is 72.8 Å². The summed E-state index contributed by atoms with van der Waals surface area (Å²) in [6, 6.07) is 21.7. The first-order valence-electron chi connectivity index (χ1n) is 14.7. The first-order valence-corrected chi connectivity index (χ1v) is 16.1. The summed E-state index contributed by atoms with van der Waals surface area (Å²) in [4.78, 5) is 26.8. The van der Waals surface area contributed by atoms with Crippen LogP contribution < -0.4 is 19.9 Å². The number of carbonyl (C=O) groups is 1. The minimum atomic E-state index is -3.92. The molecular formula is C34H36N4O6S. The van der Waals surface area contributed by atoms with Gasteiger partial charge in [0.2, 0.25) is 0 Å². The van der Waals surface area contributed by atoms with Crippen LogP contribution in [0.15, 0.2) is 83.8 Å². The third-order valence-corrected chi connectivity index (χ3v) is 9.46. The second-order valence-electron chi connectivity index (χ2n) is 11.3. The van der Waals surface area contributed by atoms with E-state index in [0.29, 0.717) is 25.0 Å². The van der Waals surface area contributed by atoms with Crippen molar-refractivity contribution in [3.63, 3.8) is 0 Å². The zero-order valence-electron chi connectivity index (χ0n) is 25.4. The van der Waals surface area contributed by atoms with E-state index in [-0.39, 0.29) is 24.6 Å². The van der Waals surface area contributed by atoms with Gasteiger partial charge in [-0.1, -0.05) is 43.9 Å². The van der Waals surface area contributed by atoms with Gasteiger partial charge in [-0.05, 0) is 71.5 Å². The number of rotatable bonds is 9. The molecule has 1 atom stereocenters. The summed E-state index contributed by atoms with van der Waals surface area (Å²) in [6.07, 6.45) is 1.80. The minimum absolute atomic E-state index is 0.0818. The number of fused-ring (bicyclic) bond motifs is 1. The summed E-state index contributed by atoms with van der Waals surface area (Å²) < 4.78 is 36.1. The van der Waals surface area contributed by atoms with E-state index in [9.17, 15) is 23.1 Å². The molecule has 0 radical (unpaired) electrons. The van der Waals surface area contributed by atoms with Crippen molar-refractivity contribution in [3.05, 3.63) is 106 Å². The fraction of sp³-hybridized carbons (Fsp3) is 0.294. The van der Waals surface area contributed by atoms with Crippen LogP contribution in [0.4, 0.5) is 5.69 Å². The minimum Gasteiger partial charge on any atom is -0.497 e. The lowest BCUT2D eigenvalue weighted by Gasteiger charge is -2.36. The number of nitrogens with one attached hydrogen (secondary N) is 1. The van der Waals surface area contributed by atoms with Crippen LogP contribution in [-0.4, -0.2) is 67.7 Å². The molecule has 0 unspecified atom stereocenters. The molecule has 0 bridgehead atoms. The highest BCUT2D eigenvalue weighted by Crippen LogP contribution is 2.19. The van der Waals surface area contributed by atoms with E-state index >= 15 is 0 Å². The van der Waals surface area contributed by atoms with Crippen LogP contribution in [-0.2, 0) is 21.5 Å². The highest BCUT2D eigenvalue weighted by Gasteiger charge is 2.33. The van der Waals surface area contributed by atoms with Crippen LogP contribution in [0.3, 0.4) is 0 Å². The fourth-order valence-corrected chi connectivity index (χ4v) is 6.69. The molecule has 2 N–H and O–H groups in total. The Morgan fingerprint density at radius 3 is 2.20 bits per heavy atom. The second-order valence-corrected chi connectivity index (χ2v) is 13.0. The quantitative estimate of drug-likeness (QED) is 0.272. The zero-order valence-corrected chi connectivity index (χ0v) is 26.3. The number of anilines is 1. The summed E-state index contributed by atoms with van der Waals surface area (Å²) in [6.45, 7) is 5.20. The van der Waals surface area contributed by atoms with Gasteiger partial charge in [-0.25, -0.2) is 0 Å². The Labute approximate surface area is 263 Å². The molecule has 3 aromatic carbocycles. The van der Waals surface area contributed by atoms with E-state index < -0.39 is 22.2 Å². The van der Waals surface area contributed by atoms with Crippen molar-refractivity contribution in [2.45, 2.75) is 26.4 Å². The predicted octanol–water partition coefficient (Wildman–Crippen LogP) is 3.52. The number of carboxylic acid groups (broad SMARTS) is 1. The molecular weight excluding hydrogens is 592 g/mol. The normalized spacial score (nSPS) is 14.6. The van der Waals surface area contributed by atoms with Crippen LogP contribution >= 0.6 is 0 Å². The van der Waals surface area contributed by atoms with Gasteiger partial charge in [-0.3, -0.25) is 9.59 Å². The smallest absolute Gasteiger partial charge is 0.322 e. The molecule has 5 rings (SSSR count). The van der Waals surface area contributed by atoms with Gasteiger partial charge in [0.15, 0.2) is 0 Å². The molecule has 0 aliphatic carbocycles. The maximum absolute atomic E-state index is 13.3. The topological polar surface area (TPSA) is 121 Å². The van der Waals surface area contributed by atoms with Crippen molar-refractivity contribution in [1.82, 2.24) is 13.6 Å². The standard InChI is InChI=1S/C34H36N4O6S/c1-24(2)32(34(40)41)35-45(42,43)38-20-18-36(19-21-38)29-12-7-25(8-13-29)4-5-26-6-11-28-16-17-37(33(39)31(28)22-26)23-27-9-14-30(44-3)15-10-27/h6-17,22,24,32,35H,18-21,23H2,1-3H3,(H,40,41)/t32-/m0/s1. The molecule has 0 saturated carbocycles. The first-order chi connectivity index (χ1) is 21.5. The van der Waals surface area contributed by atoms with Crippen LogP contribution in [0.5, 0.6) is 5.75 Å². The molecule has 1 aliphatic heterocycles. The van der Waals surface area contributed by atoms with Crippen LogP contribution in [0.25, 0.3) is 10.8 Å². The molecule has 4 aromatic rings. The zero-order chi connectivity index (χ0) is 32.1. The van der Waals surface area contributed by atoms with Crippen molar-refractivity contribution in [2.24, 2.45) is 5.92 Å². The highest BCUT2D eigenvalue weighted by molar-refractivity contribution is 7.87. The number of carboxylic acids is 1. The van der Waals surface area contributed by atoms with E-state index in [1.54, 1.807) is 31.7 Å². The number of nitrogens with zero attached hydrogens (tertiary/aromatic N) is 3. The van der Waals surface area contributed by atoms with Crippen molar-refractivity contribution in [2.75, 3.05) is 38.2 Å². The Morgan fingerprint density at radius 2 is 1.58 bits per heavy atom. The predicted molar refractivity (Wildman–Crippen MR) is 175 cm³/mol. The molecule has 10 nitrogen and oxygen atoms in total. The van der Waals surface area contributed by atoms with Gasteiger partial charge in [0, 0.05) is 54.6 Å². The van der Waals surface area contributed by atoms with Crippen LogP contribution in [0.1, 0.15) is 30.5 Å². The summed E-state index contributed by atoms with van der Waals surface area (Å²) in [5.74, 6) is 5.53. The Balaban J connectivity index is 1.23. The van der Waals surface area contributed by atoms with Gasteiger partial charge in [-0.15, -0.1) is 0 Å². The number of aromatic nitrogens is 1. The van der Waals surface area contributed by atoms with Gasteiger partial charge in [0.1, 0.15) is 11.8 Å². The van der Waals surface area contributed by atoms with Gasteiger partial charge in [0.05, 0.1) is 13.7 Å². The third kappa shape index (κ3) is 7.54. The molecule has 0 amide bonds. The van der Waals surface area contributed by atoms with Crippen molar-refractivity contribution < 1.29 is 23.1 Å². The van der Waals surface area contributed by atoms with Gasteiger partial charge < -0.3 is 19.3 Å². The molecule has 234 valence electrons. The third-order valence-electron chi connectivity index (χ3n) is 7.86. The summed E-state index contributed by atoms with van der Waals surface area (Å²) in [7, 11) is -2.30. The number of hydrogen-bond donors (Lipinski definition) is 2. The lowest BCUT2D eigenvalue weighted by atomic mass is 10.1. The Morgan fingerprint density at radius 1 is 0.933 bits per heavy atom. The van der Waals surface area contributed by atoms with Crippen molar-refractivity contribution in [3.8, 4) is 17.6 Å². The fourth-order valence-electron chi connectivity index (χ4n) is 5.20. The number of pyridine rings is 1. The molecule has 1 fully saturated rings. The monoisotopic (exact) mass is 628 g/mol.